The van der Waals surface area contributed by atoms with Gasteiger partial charge >= 0.3 is 0 Å². The first kappa shape index (κ1) is 16.1. The monoisotopic (exact) mass is 345 g/mol. The first-order valence-corrected chi connectivity index (χ1v) is 8.52. The zero-order chi connectivity index (χ0) is 17.9. The average Bonchev–Trinajstić information content (AvgIpc) is 3.30. The summed E-state index contributed by atoms with van der Waals surface area (Å²) >= 11 is 0. The van der Waals surface area contributed by atoms with E-state index in [4.69, 9.17) is 0 Å². The second kappa shape index (κ2) is 6.84. The molecule has 1 N–H and O–H groups in total. The number of carbonyl (C=O) groups is 1. The Balaban J connectivity index is 1.40. The molecule has 26 heavy (non-hydrogen) atoms. The van der Waals surface area contributed by atoms with Crippen LogP contribution in [-0.4, -0.2) is 31.8 Å². The van der Waals surface area contributed by atoms with Crippen molar-refractivity contribution < 1.29 is 4.79 Å². The van der Waals surface area contributed by atoms with Crippen molar-refractivity contribution in [2.75, 3.05) is 6.54 Å². The maximum atomic E-state index is 12.4. The number of imidazole rings is 1. The van der Waals surface area contributed by atoms with E-state index in [1.165, 1.54) is 0 Å². The first-order valence-electron chi connectivity index (χ1n) is 8.52. The van der Waals surface area contributed by atoms with Crippen LogP contribution < -0.4 is 5.32 Å². The minimum absolute atomic E-state index is 0.0842. The van der Waals surface area contributed by atoms with Crippen LogP contribution in [0.3, 0.4) is 0 Å². The summed E-state index contributed by atoms with van der Waals surface area (Å²) in [6, 6.07) is 17.3. The summed E-state index contributed by atoms with van der Waals surface area (Å²) in [6.07, 6.45) is 3.59. The van der Waals surface area contributed by atoms with Gasteiger partial charge in [0, 0.05) is 31.0 Å². The number of benzene rings is 2. The van der Waals surface area contributed by atoms with Crippen molar-refractivity contribution in [2.24, 2.45) is 0 Å². The van der Waals surface area contributed by atoms with Crippen LogP contribution in [0, 0.1) is 6.92 Å². The Morgan fingerprint density at radius 2 is 1.88 bits per heavy atom. The van der Waals surface area contributed by atoms with Crippen molar-refractivity contribution in [1.82, 2.24) is 24.6 Å². The van der Waals surface area contributed by atoms with Crippen molar-refractivity contribution in [3.05, 3.63) is 78.4 Å². The summed E-state index contributed by atoms with van der Waals surface area (Å²) < 4.78 is 3.88. The molecule has 0 spiro atoms. The van der Waals surface area contributed by atoms with E-state index in [9.17, 15) is 4.79 Å². The van der Waals surface area contributed by atoms with Crippen LogP contribution in [-0.2, 0) is 6.54 Å². The number of rotatable bonds is 5. The van der Waals surface area contributed by atoms with Gasteiger partial charge in [-0.1, -0.05) is 12.1 Å². The molecular formula is C20H19N5O. The number of hydrogen-bond donors (Lipinski definition) is 1. The van der Waals surface area contributed by atoms with Gasteiger partial charge in [0.2, 0.25) is 0 Å². The van der Waals surface area contributed by atoms with Crippen LogP contribution in [0.1, 0.15) is 16.2 Å². The smallest absolute Gasteiger partial charge is 0.251 e. The molecular weight excluding hydrogens is 326 g/mol. The predicted octanol–water partition coefficient (Wildman–Crippen LogP) is 2.96. The summed E-state index contributed by atoms with van der Waals surface area (Å²) in [4.78, 5) is 16.9. The van der Waals surface area contributed by atoms with E-state index in [0.717, 1.165) is 22.5 Å². The largest absolute Gasteiger partial charge is 0.350 e. The Kier molecular flexibility index (Phi) is 4.23. The molecule has 2 aromatic carbocycles. The lowest BCUT2D eigenvalue weighted by atomic mass is 10.2. The molecule has 0 radical (unpaired) electrons. The van der Waals surface area contributed by atoms with Crippen LogP contribution in [0.15, 0.2) is 67.0 Å². The van der Waals surface area contributed by atoms with Crippen molar-refractivity contribution in [3.8, 4) is 5.69 Å². The fourth-order valence-electron chi connectivity index (χ4n) is 3.05. The van der Waals surface area contributed by atoms with Gasteiger partial charge in [-0.15, -0.1) is 0 Å². The topological polar surface area (TPSA) is 64.7 Å². The molecule has 2 heterocycles. The van der Waals surface area contributed by atoms with Gasteiger partial charge in [-0.05, 0) is 49.4 Å². The lowest BCUT2D eigenvalue weighted by molar-refractivity contribution is 0.0952. The third-order valence-electron chi connectivity index (χ3n) is 4.36. The lowest BCUT2D eigenvalue weighted by Gasteiger charge is -2.09. The number of aromatic nitrogens is 4. The number of aryl methyl sites for hydroxylation is 1. The molecule has 4 aromatic rings. The van der Waals surface area contributed by atoms with Crippen molar-refractivity contribution in [3.63, 3.8) is 0 Å². The second-order valence-corrected chi connectivity index (χ2v) is 6.05. The van der Waals surface area contributed by atoms with Gasteiger partial charge in [-0.25, -0.2) is 9.67 Å². The number of fused-ring (bicyclic) bond motifs is 1. The molecule has 130 valence electrons. The standard InChI is InChI=1S/C20H19N5O/c1-15-23-18-5-2-3-6-19(18)24(15)14-12-21-20(26)16-7-9-17(10-8-16)25-13-4-11-22-25/h2-11,13H,12,14H2,1H3,(H,21,26). The van der Waals surface area contributed by atoms with E-state index in [-0.39, 0.29) is 5.91 Å². The molecule has 0 aliphatic heterocycles. The molecule has 0 aliphatic rings. The van der Waals surface area contributed by atoms with E-state index in [1.807, 2.05) is 67.7 Å². The van der Waals surface area contributed by atoms with E-state index >= 15 is 0 Å². The average molecular weight is 345 g/mol. The lowest BCUT2D eigenvalue weighted by Crippen LogP contribution is -2.27. The van der Waals surface area contributed by atoms with E-state index in [1.54, 1.807) is 10.9 Å². The molecule has 4 rings (SSSR count). The highest BCUT2D eigenvalue weighted by Gasteiger charge is 2.08. The Morgan fingerprint density at radius 1 is 1.08 bits per heavy atom. The van der Waals surface area contributed by atoms with Gasteiger partial charge in [0.25, 0.3) is 5.91 Å². The molecule has 6 heteroatoms. The fraction of sp³-hybridized carbons (Fsp3) is 0.150. The summed E-state index contributed by atoms with van der Waals surface area (Å²) in [5, 5.41) is 7.15. The number of carbonyl (C=O) groups excluding carboxylic acids is 1. The van der Waals surface area contributed by atoms with Crippen LogP contribution in [0.25, 0.3) is 16.7 Å². The van der Waals surface area contributed by atoms with Gasteiger partial charge < -0.3 is 9.88 Å². The summed E-state index contributed by atoms with van der Waals surface area (Å²) in [5.41, 5.74) is 3.62. The fourth-order valence-corrected chi connectivity index (χ4v) is 3.05. The van der Waals surface area contributed by atoms with E-state index < -0.39 is 0 Å². The normalized spacial score (nSPS) is 11.0. The Labute approximate surface area is 151 Å². The summed E-state index contributed by atoms with van der Waals surface area (Å²) in [7, 11) is 0. The van der Waals surface area contributed by atoms with E-state index in [0.29, 0.717) is 18.7 Å². The molecule has 0 bridgehead atoms. The van der Waals surface area contributed by atoms with E-state index in [2.05, 4.69) is 20.0 Å². The highest BCUT2D eigenvalue weighted by Crippen LogP contribution is 2.15. The van der Waals surface area contributed by atoms with Crippen LogP contribution >= 0.6 is 0 Å². The summed E-state index contributed by atoms with van der Waals surface area (Å²) in [5.74, 6) is 0.864. The molecule has 0 unspecified atom stereocenters. The number of para-hydroxylation sites is 2. The minimum Gasteiger partial charge on any atom is -0.350 e. The van der Waals surface area contributed by atoms with Crippen molar-refractivity contribution in [1.29, 1.82) is 0 Å². The zero-order valence-corrected chi connectivity index (χ0v) is 14.5. The van der Waals surface area contributed by atoms with Gasteiger partial charge in [-0.3, -0.25) is 4.79 Å². The predicted molar refractivity (Wildman–Crippen MR) is 100 cm³/mol. The molecule has 0 aliphatic carbocycles. The number of amides is 1. The van der Waals surface area contributed by atoms with Gasteiger partial charge in [0.15, 0.2) is 0 Å². The van der Waals surface area contributed by atoms with Crippen LogP contribution in [0.2, 0.25) is 0 Å². The van der Waals surface area contributed by atoms with Crippen molar-refractivity contribution in [2.45, 2.75) is 13.5 Å². The van der Waals surface area contributed by atoms with Crippen LogP contribution in [0.5, 0.6) is 0 Å². The highest BCUT2D eigenvalue weighted by atomic mass is 16.1. The molecule has 0 atom stereocenters. The Morgan fingerprint density at radius 3 is 2.65 bits per heavy atom. The molecule has 6 nitrogen and oxygen atoms in total. The Bertz CT molecular complexity index is 1030. The van der Waals surface area contributed by atoms with Crippen LogP contribution in [0.4, 0.5) is 0 Å². The maximum absolute atomic E-state index is 12.4. The number of hydrogen-bond acceptors (Lipinski definition) is 3. The van der Waals surface area contributed by atoms with Crippen molar-refractivity contribution >= 4 is 16.9 Å². The quantitative estimate of drug-likeness (QED) is 0.605. The second-order valence-electron chi connectivity index (χ2n) is 6.05. The molecule has 0 saturated heterocycles. The van der Waals surface area contributed by atoms with Gasteiger partial charge in [-0.2, -0.15) is 5.10 Å². The third kappa shape index (κ3) is 3.09. The minimum atomic E-state index is -0.0842. The Hall–Kier alpha value is -3.41. The molecule has 1 amide bonds. The maximum Gasteiger partial charge on any atom is 0.251 e. The first-order chi connectivity index (χ1) is 12.7. The van der Waals surface area contributed by atoms with Gasteiger partial charge in [0.05, 0.1) is 16.7 Å². The molecule has 0 fully saturated rings. The number of nitrogens with zero attached hydrogens (tertiary/aromatic N) is 4. The van der Waals surface area contributed by atoms with Gasteiger partial charge in [0.1, 0.15) is 5.82 Å². The third-order valence-corrected chi connectivity index (χ3v) is 4.36. The molecule has 0 saturated carbocycles. The highest BCUT2D eigenvalue weighted by molar-refractivity contribution is 5.94. The SMILES string of the molecule is Cc1nc2ccccc2n1CCNC(=O)c1ccc(-n2cccn2)cc1. The molecule has 2 aromatic heterocycles. The zero-order valence-electron chi connectivity index (χ0n) is 14.5. The number of nitrogens with one attached hydrogen (secondary N) is 1. The summed E-state index contributed by atoms with van der Waals surface area (Å²) in [6.45, 7) is 3.21.